The van der Waals surface area contributed by atoms with E-state index in [-0.39, 0.29) is 0 Å². The number of hydrogen-bond acceptors (Lipinski definition) is 4. The van der Waals surface area contributed by atoms with E-state index in [1.165, 1.54) is 0 Å². The summed E-state index contributed by atoms with van der Waals surface area (Å²) in [6, 6.07) is 4.81. The first-order chi connectivity index (χ1) is 9.93. The van der Waals surface area contributed by atoms with Crippen molar-refractivity contribution in [2.75, 3.05) is 13.7 Å². The van der Waals surface area contributed by atoms with Crippen molar-refractivity contribution in [3.63, 3.8) is 0 Å². The van der Waals surface area contributed by atoms with Gasteiger partial charge >= 0.3 is 0 Å². The molecule has 0 unspecified atom stereocenters. The molecule has 0 radical (unpaired) electrons. The molecule has 21 heavy (non-hydrogen) atoms. The summed E-state index contributed by atoms with van der Waals surface area (Å²) in [5.74, 6) is 0.606. The van der Waals surface area contributed by atoms with Crippen LogP contribution in [0.15, 0.2) is 12.1 Å². The molecule has 1 N–H and O–H groups in total. The first-order valence-corrected chi connectivity index (χ1v) is 7.74. The molecule has 2 aromatic rings. The number of ether oxygens (including phenoxy) is 1. The predicted octanol–water partition coefficient (Wildman–Crippen LogP) is 3.22. The highest BCUT2D eigenvalue weighted by Crippen LogP contribution is 2.17. The lowest BCUT2D eigenvalue weighted by molar-refractivity contribution is 0.168. The molecular formula is C15H24N4OS. The van der Waals surface area contributed by atoms with E-state index in [2.05, 4.69) is 42.6 Å². The lowest BCUT2D eigenvalue weighted by Gasteiger charge is -2.30. The van der Waals surface area contributed by atoms with Crippen LogP contribution in [0.1, 0.15) is 27.7 Å². The molecule has 6 heteroatoms. The van der Waals surface area contributed by atoms with E-state index in [0.29, 0.717) is 22.7 Å². The molecule has 0 bridgehead atoms. The van der Waals surface area contributed by atoms with Crippen LogP contribution in [0.3, 0.4) is 0 Å². The number of methoxy groups -OCH3 is 1. The predicted molar refractivity (Wildman–Crippen MR) is 88.4 cm³/mol. The Labute approximate surface area is 130 Å². The van der Waals surface area contributed by atoms with Gasteiger partial charge in [0.2, 0.25) is 5.88 Å². The standard InChI is InChI=1S/C15H24N4OS/c1-10(2)18(11(3)4)8-9-19-14-12(16-15(19)21)6-7-13(17-14)20-5/h6-7,10-11H,8-9H2,1-5H3,(H,16,21). The summed E-state index contributed by atoms with van der Waals surface area (Å²) in [5, 5.41) is 0. The van der Waals surface area contributed by atoms with E-state index < -0.39 is 0 Å². The van der Waals surface area contributed by atoms with Crippen LogP contribution in [-0.2, 0) is 6.54 Å². The van der Waals surface area contributed by atoms with Crippen LogP contribution < -0.4 is 4.74 Å². The van der Waals surface area contributed by atoms with E-state index in [4.69, 9.17) is 17.0 Å². The van der Waals surface area contributed by atoms with E-state index in [1.807, 2.05) is 16.7 Å². The molecule has 116 valence electrons. The van der Waals surface area contributed by atoms with Gasteiger partial charge in [0.1, 0.15) is 0 Å². The SMILES string of the molecule is COc1ccc2[nH]c(=S)n(CCN(C(C)C)C(C)C)c2n1. The Morgan fingerprint density at radius 1 is 1.29 bits per heavy atom. The van der Waals surface area contributed by atoms with Gasteiger partial charge in [-0.3, -0.25) is 4.90 Å². The van der Waals surface area contributed by atoms with Crippen LogP contribution in [0.5, 0.6) is 5.88 Å². The summed E-state index contributed by atoms with van der Waals surface area (Å²) in [5.41, 5.74) is 1.80. The lowest BCUT2D eigenvalue weighted by atomic mass is 10.2. The van der Waals surface area contributed by atoms with Gasteiger partial charge < -0.3 is 14.3 Å². The van der Waals surface area contributed by atoms with Gasteiger partial charge in [-0.1, -0.05) is 0 Å². The smallest absolute Gasteiger partial charge is 0.215 e. The third-order valence-electron chi connectivity index (χ3n) is 3.71. The van der Waals surface area contributed by atoms with E-state index in [0.717, 1.165) is 24.3 Å². The zero-order valence-electron chi connectivity index (χ0n) is 13.4. The van der Waals surface area contributed by atoms with Gasteiger partial charge in [0.25, 0.3) is 0 Å². The molecule has 0 aromatic carbocycles. The number of aromatic amines is 1. The Bertz CT molecular complexity index is 651. The fourth-order valence-electron chi connectivity index (χ4n) is 2.66. The second-order valence-corrected chi connectivity index (χ2v) is 6.12. The van der Waals surface area contributed by atoms with Gasteiger partial charge in [-0.05, 0) is 46.0 Å². The van der Waals surface area contributed by atoms with Gasteiger partial charge in [0.05, 0.1) is 12.6 Å². The molecular weight excluding hydrogens is 284 g/mol. The molecule has 0 spiro atoms. The highest BCUT2D eigenvalue weighted by Gasteiger charge is 2.14. The van der Waals surface area contributed by atoms with Crippen molar-refractivity contribution >= 4 is 23.4 Å². The van der Waals surface area contributed by atoms with Crippen molar-refractivity contribution in [1.29, 1.82) is 0 Å². The molecule has 0 aliphatic heterocycles. The van der Waals surface area contributed by atoms with E-state index in [9.17, 15) is 0 Å². The maximum absolute atomic E-state index is 5.42. The fourth-order valence-corrected chi connectivity index (χ4v) is 2.95. The monoisotopic (exact) mass is 308 g/mol. The Hall–Kier alpha value is -1.40. The third-order valence-corrected chi connectivity index (χ3v) is 4.03. The van der Waals surface area contributed by atoms with Crippen molar-refractivity contribution in [2.24, 2.45) is 0 Å². The number of fused-ring (bicyclic) bond motifs is 1. The highest BCUT2D eigenvalue weighted by molar-refractivity contribution is 7.71. The summed E-state index contributed by atoms with van der Waals surface area (Å²) in [6.45, 7) is 10.6. The summed E-state index contributed by atoms with van der Waals surface area (Å²) in [7, 11) is 1.62. The van der Waals surface area contributed by atoms with Crippen molar-refractivity contribution in [3.05, 3.63) is 16.9 Å². The molecule has 0 fully saturated rings. The number of pyridine rings is 1. The van der Waals surface area contributed by atoms with Crippen LogP contribution in [-0.4, -0.2) is 45.2 Å². The number of rotatable bonds is 6. The Morgan fingerprint density at radius 2 is 1.95 bits per heavy atom. The van der Waals surface area contributed by atoms with Crippen molar-refractivity contribution < 1.29 is 4.74 Å². The summed E-state index contributed by atoms with van der Waals surface area (Å²) in [4.78, 5) is 10.2. The molecule has 0 aliphatic carbocycles. The Morgan fingerprint density at radius 3 is 2.52 bits per heavy atom. The summed E-state index contributed by atoms with van der Waals surface area (Å²) < 4.78 is 7.96. The van der Waals surface area contributed by atoms with Gasteiger partial charge in [-0.15, -0.1) is 0 Å². The van der Waals surface area contributed by atoms with Crippen molar-refractivity contribution in [2.45, 2.75) is 46.3 Å². The average molecular weight is 308 g/mol. The average Bonchev–Trinajstić information content (AvgIpc) is 2.73. The Balaban J connectivity index is 2.29. The normalized spacial score (nSPS) is 12.0. The first kappa shape index (κ1) is 16.0. The molecule has 2 aromatic heterocycles. The van der Waals surface area contributed by atoms with Crippen LogP contribution in [0.2, 0.25) is 0 Å². The molecule has 2 rings (SSSR count). The minimum Gasteiger partial charge on any atom is -0.481 e. The van der Waals surface area contributed by atoms with Gasteiger partial charge in [0.15, 0.2) is 10.4 Å². The maximum Gasteiger partial charge on any atom is 0.215 e. The maximum atomic E-state index is 5.42. The molecule has 0 amide bonds. The third kappa shape index (κ3) is 3.44. The Kier molecular flexibility index (Phi) is 5.00. The summed E-state index contributed by atoms with van der Waals surface area (Å²) in [6.07, 6.45) is 0. The second-order valence-electron chi connectivity index (χ2n) is 5.73. The van der Waals surface area contributed by atoms with E-state index >= 15 is 0 Å². The molecule has 0 saturated carbocycles. The first-order valence-electron chi connectivity index (χ1n) is 7.33. The number of H-pyrrole nitrogens is 1. The van der Waals surface area contributed by atoms with Crippen molar-refractivity contribution in [3.8, 4) is 5.88 Å². The molecule has 0 saturated heterocycles. The van der Waals surface area contributed by atoms with Crippen LogP contribution >= 0.6 is 12.2 Å². The molecule has 0 aliphatic rings. The molecule has 2 heterocycles. The van der Waals surface area contributed by atoms with Crippen LogP contribution in [0.4, 0.5) is 0 Å². The van der Waals surface area contributed by atoms with Crippen LogP contribution in [0.25, 0.3) is 11.2 Å². The van der Waals surface area contributed by atoms with Gasteiger partial charge in [-0.2, -0.15) is 4.98 Å². The second kappa shape index (κ2) is 6.58. The largest absolute Gasteiger partial charge is 0.481 e. The van der Waals surface area contributed by atoms with Gasteiger partial charge in [0, 0.05) is 31.2 Å². The minimum atomic E-state index is 0.506. The molecule has 5 nitrogen and oxygen atoms in total. The van der Waals surface area contributed by atoms with E-state index in [1.54, 1.807) is 7.11 Å². The number of nitrogens with zero attached hydrogens (tertiary/aromatic N) is 3. The lowest BCUT2D eigenvalue weighted by Crippen LogP contribution is -2.39. The number of hydrogen-bond donors (Lipinski definition) is 1. The number of nitrogens with one attached hydrogen (secondary N) is 1. The number of aromatic nitrogens is 3. The summed E-state index contributed by atoms with van der Waals surface area (Å²) >= 11 is 5.42. The number of imidazole rings is 1. The zero-order chi connectivity index (χ0) is 15.6. The van der Waals surface area contributed by atoms with Crippen LogP contribution in [0, 0.1) is 4.77 Å². The fraction of sp³-hybridized carbons (Fsp3) is 0.600. The topological polar surface area (TPSA) is 46.1 Å². The highest BCUT2D eigenvalue weighted by atomic mass is 32.1. The zero-order valence-corrected chi connectivity index (χ0v) is 14.2. The minimum absolute atomic E-state index is 0.506. The van der Waals surface area contributed by atoms with Gasteiger partial charge in [-0.25, -0.2) is 0 Å². The quantitative estimate of drug-likeness (QED) is 0.832. The van der Waals surface area contributed by atoms with Crippen molar-refractivity contribution in [1.82, 2.24) is 19.4 Å². The molecule has 0 atom stereocenters.